The van der Waals surface area contributed by atoms with Crippen LogP contribution in [0.15, 0.2) is 0 Å². The van der Waals surface area contributed by atoms with Crippen molar-refractivity contribution < 1.29 is 4.79 Å². The molecule has 0 radical (unpaired) electrons. The zero-order valence-electron chi connectivity index (χ0n) is 8.41. The molecule has 0 aromatic heterocycles. The molecule has 0 aromatic rings. The van der Waals surface area contributed by atoms with Crippen LogP contribution in [0.25, 0.3) is 0 Å². The van der Waals surface area contributed by atoms with Crippen molar-refractivity contribution >= 4 is 17.7 Å². The Bertz CT molecular complexity index is 200. The first-order chi connectivity index (χ1) is 6.13. The quantitative estimate of drug-likeness (QED) is 0.675. The van der Waals surface area contributed by atoms with Gasteiger partial charge in [0.15, 0.2) is 0 Å². The van der Waals surface area contributed by atoms with Crippen LogP contribution in [0.4, 0.5) is 0 Å². The van der Waals surface area contributed by atoms with Crippen molar-refractivity contribution in [2.45, 2.75) is 25.8 Å². The fraction of sp³-hybridized carbons (Fsp3) is 0.778. The van der Waals surface area contributed by atoms with Crippen molar-refractivity contribution in [1.29, 1.82) is 5.26 Å². The van der Waals surface area contributed by atoms with E-state index >= 15 is 0 Å². The fourth-order valence-corrected chi connectivity index (χ4v) is 1.26. The third-order valence-electron chi connectivity index (χ3n) is 1.96. The molecule has 1 atom stereocenters. The molecule has 0 aliphatic carbocycles. The topological polar surface area (TPSA) is 44.1 Å². The predicted octanol–water partition coefficient (Wildman–Crippen LogP) is 1.50. The lowest BCUT2D eigenvalue weighted by molar-refractivity contribution is -0.131. The van der Waals surface area contributed by atoms with Crippen LogP contribution in [-0.2, 0) is 4.79 Å². The van der Waals surface area contributed by atoms with Gasteiger partial charge in [0.1, 0.15) is 0 Å². The average Bonchev–Trinajstić information content (AvgIpc) is 2.13. The molecule has 13 heavy (non-hydrogen) atoms. The minimum absolute atomic E-state index is 0.0272. The van der Waals surface area contributed by atoms with Gasteiger partial charge in [-0.3, -0.25) is 4.79 Å². The average molecular weight is 200 g/mol. The van der Waals surface area contributed by atoms with Gasteiger partial charge in [-0.25, -0.2) is 0 Å². The van der Waals surface area contributed by atoms with Crippen LogP contribution in [0, 0.1) is 11.3 Å². The highest BCUT2D eigenvalue weighted by Gasteiger charge is 2.14. The van der Waals surface area contributed by atoms with Gasteiger partial charge in [-0.15, -0.1) is 0 Å². The van der Waals surface area contributed by atoms with Crippen molar-refractivity contribution in [1.82, 2.24) is 4.90 Å². The molecular weight excluding hydrogens is 184 g/mol. The number of rotatable bonds is 5. The van der Waals surface area contributed by atoms with Crippen molar-refractivity contribution in [3.05, 3.63) is 0 Å². The minimum Gasteiger partial charge on any atom is -0.342 e. The van der Waals surface area contributed by atoms with E-state index in [1.54, 1.807) is 23.7 Å². The Morgan fingerprint density at radius 1 is 1.69 bits per heavy atom. The highest BCUT2D eigenvalue weighted by molar-refractivity contribution is 7.98. The fourth-order valence-electron chi connectivity index (χ4n) is 0.881. The Balaban J connectivity index is 3.88. The number of carbonyl (C=O) groups excluding carboxylic acids is 1. The highest BCUT2D eigenvalue weighted by atomic mass is 32.2. The molecule has 0 aliphatic rings. The van der Waals surface area contributed by atoms with Gasteiger partial charge in [0.05, 0.1) is 12.5 Å². The maximum atomic E-state index is 11.4. The van der Waals surface area contributed by atoms with E-state index in [0.29, 0.717) is 12.8 Å². The van der Waals surface area contributed by atoms with Gasteiger partial charge >= 0.3 is 0 Å². The van der Waals surface area contributed by atoms with E-state index in [0.717, 1.165) is 5.75 Å². The van der Waals surface area contributed by atoms with Crippen LogP contribution >= 0.6 is 11.8 Å². The van der Waals surface area contributed by atoms with E-state index in [4.69, 9.17) is 5.26 Å². The van der Waals surface area contributed by atoms with E-state index in [-0.39, 0.29) is 11.9 Å². The molecule has 0 rings (SSSR count). The molecule has 0 saturated heterocycles. The van der Waals surface area contributed by atoms with Gasteiger partial charge in [0, 0.05) is 25.3 Å². The Hall–Kier alpha value is -0.690. The second kappa shape index (κ2) is 6.79. The zero-order valence-corrected chi connectivity index (χ0v) is 9.23. The number of nitriles is 1. The number of thioether (sulfide) groups is 1. The molecule has 1 amide bonds. The van der Waals surface area contributed by atoms with Crippen molar-refractivity contribution in [2.75, 3.05) is 19.1 Å². The van der Waals surface area contributed by atoms with Gasteiger partial charge in [0.2, 0.25) is 5.91 Å². The molecule has 0 N–H and O–H groups in total. The first-order valence-corrected chi connectivity index (χ1v) is 5.64. The van der Waals surface area contributed by atoms with Crippen LogP contribution < -0.4 is 0 Å². The molecule has 3 nitrogen and oxygen atoms in total. The number of hydrogen-bond acceptors (Lipinski definition) is 3. The highest BCUT2D eigenvalue weighted by Crippen LogP contribution is 2.04. The Kier molecular flexibility index (Phi) is 6.43. The predicted molar refractivity (Wildman–Crippen MR) is 55.5 cm³/mol. The lowest BCUT2D eigenvalue weighted by Crippen LogP contribution is -2.34. The van der Waals surface area contributed by atoms with Gasteiger partial charge < -0.3 is 4.90 Å². The Labute approximate surface area is 84.1 Å². The Morgan fingerprint density at radius 2 is 2.31 bits per heavy atom. The minimum atomic E-state index is 0.0272. The molecule has 4 heteroatoms. The molecule has 0 spiro atoms. The normalized spacial score (nSPS) is 11.8. The van der Waals surface area contributed by atoms with Crippen LogP contribution in [0.2, 0.25) is 0 Å². The number of nitrogens with zero attached hydrogens (tertiary/aromatic N) is 2. The van der Waals surface area contributed by atoms with Gasteiger partial charge in [-0.05, 0) is 13.2 Å². The van der Waals surface area contributed by atoms with E-state index < -0.39 is 0 Å². The SMILES string of the molecule is CSCCC(=O)N(C)C(C)CC#N. The van der Waals surface area contributed by atoms with Gasteiger partial charge in [-0.2, -0.15) is 17.0 Å². The molecule has 0 heterocycles. The van der Waals surface area contributed by atoms with E-state index in [1.165, 1.54) is 0 Å². The second-order valence-corrected chi connectivity index (χ2v) is 3.94. The first kappa shape index (κ1) is 12.3. The summed E-state index contributed by atoms with van der Waals surface area (Å²) in [6.07, 6.45) is 2.95. The maximum Gasteiger partial charge on any atom is 0.223 e. The smallest absolute Gasteiger partial charge is 0.223 e. The maximum absolute atomic E-state index is 11.4. The first-order valence-electron chi connectivity index (χ1n) is 4.25. The van der Waals surface area contributed by atoms with Gasteiger partial charge in [0.25, 0.3) is 0 Å². The summed E-state index contributed by atoms with van der Waals surface area (Å²) < 4.78 is 0. The van der Waals surface area contributed by atoms with E-state index in [1.807, 2.05) is 13.2 Å². The Morgan fingerprint density at radius 3 is 2.77 bits per heavy atom. The molecule has 0 fully saturated rings. The van der Waals surface area contributed by atoms with Gasteiger partial charge in [-0.1, -0.05) is 0 Å². The molecular formula is C9H16N2OS. The van der Waals surface area contributed by atoms with Crippen molar-refractivity contribution in [3.63, 3.8) is 0 Å². The molecule has 0 bridgehead atoms. The summed E-state index contributed by atoms with van der Waals surface area (Å²) in [5.74, 6) is 0.972. The summed E-state index contributed by atoms with van der Waals surface area (Å²) in [4.78, 5) is 13.1. The van der Waals surface area contributed by atoms with Crippen molar-refractivity contribution in [3.8, 4) is 6.07 Å². The lowest BCUT2D eigenvalue weighted by atomic mass is 10.2. The standard InChI is InChI=1S/C9H16N2OS/c1-8(4-6-10)11(2)9(12)5-7-13-3/h8H,4-5,7H2,1-3H3. The van der Waals surface area contributed by atoms with Crippen LogP contribution in [-0.4, -0.2) is 35.9 Å². The largest absolute Gasteiger partial charge is 0.342 e. The zero-order chi connectivity index (χ0) is 10.3. The summed E-state index contributed by atoms with van der Waals surface area (Å²) in [6, 6.07) is 2.09. The van der Waals surface area contributed by atoms with E-state index in [2.05, 4.69) is 6.07 Å². The number of amides is 1. The molecule has 0 aliphatic heterocycles. The summed E-state index contributed by atoms with van der Waals surface area (Å²) in [7, 11) is 1.75. The molecule has 0 aromatic carbocycles. The summed E-state index contributed by atoms with van der Waals surface area (Å²) in [6.45, 7) is 1.89. The number of carbonyl (C=O) groups is 1. The molecule has 1 unspecified atom stereocenters. The van der Waals surface area contributed by atoms with Crippen LogP contribution in [0.3, 0.4) is 0 Å². The summed E-state index contributed by atoms with van der Waals surface area (Å²) in [5.41, 5.74) is 0. The molecule has 0 saturated carbocycles. The van der Waals surface area contributed by atoms with E-state index in [9.17, 15) is 4.79 Å². The molecule has 74 valence electrons. The second-order valence-electron chi connectivity index (χ2n) is 2.96. The third kappa shape index (κ3) is 4.79. The monoisotopic (exact) mass is 200 g/mol. The van der Waals surface area contributed by atoms with Crippen molar-refractivity contribution in [2.24, 2.45) is 0 Å². The summed E-state index contributed by atoms with van der Waals surface area (Å²) >= 11 is 1.66. The summed E-state index contributed by atoms with van der Waals surface area (Å²) in [5, 5.41) is 8.45. The third-order valence-corrected chi connectivity index (χ3v) is 2.57. The lowest BCUT2D eigenvalue weighted by Gasteiger charge is -2.22. The van der Waals surface area contributed by atoms with Crippen LogP contribution in [0.1, 0.15) is 19.8 Å². The van der Waals surface area contributed by atoms with Crippen LogP contribution in [0.5, 0.6) is 0 Å². The number of hydrogen-bond donors (Lipinski definition) is 0.